The molecule has 0 spiro atoms. The molecule has 0 amide bonds. The van der Waals surface area contributed by atoms with Crippen LogP contribution in [0.1, 0.15) is 33.1 Å². The Balaban J connectivity index is 2.58. The summed E-state index contributed by atoms with van der Waals surface area (Å²) < 4.78 is 0. The van der Waals surface area contributed by atoms with E-state index in [0.29, 0.717) is 0 Å². The van der Waals surface area contributed by atoms with Crippen molar-refractivity contribution in [1.29, 1.82) is 0 Å². The normalized spacial score (nSPS) is 12.7. The van der Waals surface area contributed by atoms with Gasteiger partial charge in [0.25, 0.3) is 0 Å². The second kappa shape index (κ2) is 6.83. The Morgan fingerprint density at radius 2 is 1.64 bits per heavy atom. The van der Waals surface area contributed by atoms with E-state index in [1.807, 2.05) is 0 Å². The van der Waals surface area contributed by atoms with E-state index in [1.165, 1.54) is 31.4 Å². The quantitative estimate of drug-likeness (QED) is 0.626. The number of unbranched alkanes of at least 4 members (excludes halogenated alkanes) is 1. The smallest absolute Gasteiger partial charge is 0.0656 e. The van der Waals surface area contributed by atoms with Crippen LogP contribution in [0, 0.1) is 0 Å². The Kier molecular flexibility index (Phi) is 5.61. The van der Waals surface area contributed by atoms with Crippen molar-refractivity contribution in [3.05, 3.63) is 30.3 Å². The van der Waals surface area contributed by atoms with Crippen LogP contribution in [0.2, 0.25) is 12.1 Å². The van der Waals surface area contributed by atoms with Crippen molar-refractivity contribution in [2.24, 2.45) is 0 Å². The van der Waals surface area contributed by atoms with Gasteiger partial charge in [-0.1, -0.05) is 80.7 Å². The van der Waals surface area contributed by atoms with Crippen molar-refractivity contribution in [1.82, 2.24) is 0 Å². The van der Waals surface area contributed by atoms with Gasteiger partial charge in [0.1, 0.15) is 0 Å². The average molecular weight is 206 g/mol. The zero-order valence-corrected chi connectivity index (χ0v) is 10.7. The van der Waals surface area contributed by atoms with E-state index < -0.39 is 8.80 Å². The predicted octanol–water partition coefficient (Wildman–Crippen LogP) is 3.33. The lowest BCUT2D eigenvalue weighted by atomic mass is 10.4. The summed E-state index contributed by atoms with van der Waals surface area (Å²) in [5, 5.41) is 1.67. The first-order valence-corrected chi connectivity index (χ1v) is 8.14. The van der Waals surface area contributed by atoms with E-state index >= 15 is 0 Å². The molecule has 1 aromatic rings. The molecule has 0 radical (unpaired) electrons. The molecule has 0 N–H and O–H groups in total. The van der Waals surface area contributed by atoms with Crippen molar-refractivity contribution in [2.75, 3.05) is 0 Å². The molecule has 0 fully saturated rings. The van der Waals surface area contributed by atoms with Crippen molar-refractivity contribution in [3.8, 4) is 0 Å². The van der Waals surface area contributed by atoms with Crippen molar-refractivity contribution >= 4 is 14.0 Å². The highest BCUT2D eigenvalue weighted by Gasteiger charge is 2.10. The minimum atomic E-state index is -0.610. The lowest BCUT2D eigenvalue weighted by Gasteiger charge is -2.14. The topological polar surface area (TPSA) is 0 Å². The molecule has 0 nitrogen and oxygen atoms in total. The molecular weight excluding hydrogens is 184 g/mol. The van der Waals surface area contributed by atoms with Crippen molar-refractivity contribution in [3.63, 3.8) is 0 Å². The second-order valence-electron chi connectivity index (χ2n) is 4.04. The van der Waals surface area contributed by atoms with E-state index in [4.69, 9.17) is 0 Å². The Hall–Kier alpha value is -0.563. The van der Waals surface area contributed by atoms with Crippen LogP contribution in [-0.4, -0.2) is 8.80 Å². The average Bonchev–Trinajstić information content (AvgIpc) is 2.25. The number of rotatable bonds is 6. The lowest BCUT2D eigenvalue weighted by molar-refractivity contribution is 0.869. The maximum absolute atomic E-state index is 2.34. The summed E-state index contributed by atoms with van der Waals surface area (Å²) in [6.07, 6.45) is 4.13. The maximum Gasteiger partial charge on any atom is 0.0708 e. The summed E-state index contributed by atoms with van der Waals surface area (Å²) in [5.74, 6) is 0. The third-order valence-corrected chi connectivity index (χ3v) is 6.52. The van der Waals surface area contributed by atoms with Crippen molar-refractivity contribution in [2.45, 2.75) is 45.2 Å². The third-order valence-electron chi connectivity index (χ3n) is 2.81. The minimum Gasteiger partial charge on any atom is -0.0656 e. The highest BCUT2D eigenvalue weighted by atomic mass is 28.3. The van der Waals surface area contributed by atoms with Crippen LogP contribution in [0.5, 0.6) is 0 Å². The van der Waals surface area contributed by atoms with Crippen LogP contribution in [-0.2, 0) is 0 Å². The first kappa shape index (κ1) is 11.5. The summed E-state index contributed by atoms with van der Waals surface area (Å²) in [6.45, 7) is 4.61. The molecule has 1 heteroatoms. The molecule has 0 saturated heterocycles. The Morgan fingerprint density at radius 1 is 0.929 bits per heavy atom. The zero-order chi connectivity index (χ0) is 10.2. The summed E-state index contributed by atoms with van der Waals surface area (Å²) in [7, 11) is -0.610. The minimum absolute atomic E-state index is 0.610. The molecule has 0 saturated carbocycles. The van der Waals surface area contributed by atoms with Crippen LogP contribution in [0.15, 0.2) is 30.3 Å². The van der Waals surface area contributed by atoms with Crippen LogP contribution in [0.4, 0.5) is 0 Å². The van der Waals surface area contributed by atoms with Crippen molar-refractivity contribution < 1.29 is 0 Å². The molecule has 1 rings (SSSR count). The highest BCUT2D eigenvalue weighted by Crippen LogP contribution is 2.08. The third kappa shape index (κ3) is 3.67. The van der Waals surface area contributed by atoms with Gasteiger partial charge >= 0.3 is 0 Å². The zero-order valence-electron chi connectivity index (χ0n) is 9.50. The van der Waals surface area contributed by atoms with Gasteiger partial charge in [0, 0.05) is 0 Å². The molecule has 1 atom stereocenters. The van der Waals surface area contributed by atoms with E-state index in [9.17, 15) is 0 Å². The number of hydrogen-bond acceptors (Lipinski definition) is 0. The molecule has 1 aromatic carbocycles. The fourth-order valence-electron chi connectivity index (χ4n) is 2.00. The van der Waals surface area contributed by atoms with Crippen LogP contribution in [0.25, 0.3) is 0 Å². The van der Waals surface area contributed by atoms with E-state index in [0.717, 1.165) is 0 Å². The van der Waals surface area contributed by atoms with Gasteiger partial charge < -0.3 is 0 Å². The van der Waals surface area contributed by atoms with Gasteiger partial charge in [-0.05, 0) is 0 Å². The molecule has 0 aliphatic heterocycles. The van der Waals surface area contributed by atoms with Crippen LogP contribution < -0.4 is 5.19 Å². The molecule has 0 aliphatic rings. The summed E-state index contributed by atoms with van der Waals surface area (Å²) >= 11 is 0. The summed E-state index contributed by atoms with van der Waals surface area (Å²) in [5.41, 5.74) is 0. The maximum atomic E-state index is 2.34. The van der Waals surface area contributed by atoms with Gasteiger partial charge in [0.15, 0.2) is 0 Å². The molecule has 0 bridgehead atoms. The fourth-order valence-corrected chi connectivity index (χ4v) is 5.32. The van der Waals surface area contributed by atoms with E-state index in [-0.39, 0.29) is 0 Å². The van der Waals surface area contributed by atoms with E-state index in [2.05, 4.69) is 44.2 Å². The fraction of sp³-hybridized carbons (Fsp3) is 0.538. The SMILES string of the molecule is CCCC[SiH](CCC)c1ccccc1. The van der Waals surface area contributed by atoms with Gasteiger partial charge in [-0.25, -0.2) is 0 Å². The molecule has 0 aromatic heterocycles. The van der Waals surface area contributed by atoms with Gasteiger partial charge in [0.05, 0.1) is 8.80 Å². The Labute approximate surface area is 90.0 Å². The molecular formula is C13H22Si. The Morgan fingerprint density at radius 3 is 2.21 bits per heavy atom. The highest BCUT2D eigenvalue weighted by molar-refractivity contribution is 6.73. The first-order valence-electron chi connectivity index (χ1n) is 5.93. The Bertz CT molecular complexity index is 230. The van der Waals surface area contributed by atoms with Gasteiger partial charge in [-0.3, -0.25) is 0 Å². The van der Waals surface area contributed by atoms with Crippen LogP contribution in [0.3, 0.4) is 0 Å². The second-order valence-corrected chi connectivity index (χ2v) is 7.25. The summed E-state index contributed by atoms with van der Waals surface area (Å²) in [6, 6.07) is 14.2. The number of benzene rings is 1. The van der Waals surface area contributed by atoms with E-state index in [1.54, 1.807) is 5.19 Å². The molecule has 14 heavy (non-hydrogen) atoms. The predicted molar refractivity (Wildman–Crippen MR) is 68.0 cm³/mol. The molecule has 1 unspecified atom stereocenters. The molecule has 78 valence electrons. The largest absolute Gasteiger partial charge is 0.0708 e. The molecule has 0 heterocycles. The van der Waals surface area contributed by atoms with Gasteiger partial charge in [-0.2, -0.15) is 0 Å². The van der Waals surface area contributed by atoms with Crippen LogP contribution >= 0.6 is 0 Å². The molecule has 0 aliphatic carbocycles. The first-order chi connectivity index (χ1) is 6.88. The summed E-state index contributed by atoms with van der Waals surface area (Å²) in [4.78, 5) is 0. The monoisotopic (exact) mass is 206 g/mol. The van der Waals surface area contributed by atoms with Gasteiger partial charge in [0.2, 0.25) is 0 Å². The number of hydrogen-bond donors (Lipinski definition) is 0. The lowest BCUT2D eigenvalue weighted by Crippen LogP contribution is -2.29. The standard InChI is InChI=1S/C13H22Si/c1-3-5-12-14(11-4-2)13-9-7-6-8-10-13/h6-10,14H,3-5,11-12H2,1-2H3. The van der Waals surface area contributed by atoms with Gasteiger partial charge in [-0.15, -0.1) is 0 Å².